The lowest BCUT2D eigenvalue weighted by molar-refractivity contribution is -0.146. The van der Waals surface area contributed by atoms with E-state index in [1.165, 1.54) is 14.2 Å². The zero-order valence-electron chi connectivity index (χ0n) is 20.4. The van der Waals surface area contributed by atoms with Crippen molar-refractivity contribution >= 4 is 104 Å². The van der Waals surface area contributed by atoms with Gasteiger partial charge in [-0.3, -0.25) is 9.59 Å². The molecule has 2 fully saturated rings. The first-order valence-electron chi connectivity index (χ1n) is 11.6. The molecule has 8 nitrogen and oxygen atoms in total. The summed E-state index contributed by atoms with van der Waals surface area (Å²) >= 11 is 22.5. The Morgan fingerprint density at radius 2 is 1.30 bits per heavy atom. The molecule has 0 unspecified atom stereocenters. The van der Waals surface area contributed by atoms with Crippen LogP contribution in [0.2, 0.25) is 15.3 Å². The van der Waals surface area contributed by atoms with Crippen molar-refractivity contribution in [2.24, 2.45) is 11.8 Å². The van der Waals surface area contributed by atoms with E-state index in [1.807, 2.05) is 12.1 Å². The van der Waals surface area contributed by atoms with Crippen LogP contribution in [0, 0.1) is 19.0 Å². The Labute approximate surface area is 259 Å². The number of carbonyl (C=O) groups excluding carboxylic acids is 2. The fourth-order valence-electron chi connectivity index (χ4n) is 4.25. The van der Waals surface area contributed by atoms with Gasteiger partial charge in [0.2, 0.25) is 0 Å². The summed E-state index contributed by atoms with van der Waals surface area (Å²) < 4.78 is 11.3. The first kappa shape index (κ1) is 30.7. The van der Waals surface area contributed by atoms with Gasteiger partial charge in [0.25, 0.3) is 0 Å². The molecule has 0 bridgehead atoms. The largest absolute Gasteiger partial charge is 0.469 e. The van der Waals surface area contributed by atoms with E-state index in [-0.39, 0.29) is 23.8 Å². The molecule has 2 aromatic heterocycles. The van der Waals surface area contributed by atoms with Crippen molar-refractivity contribution in [3.8, 4) is 0 Å². The second-order valence-electron chi connectivity index (χ2n) is 8.58. The molecular formula is C24H27Cl3I2N4O4. The van der Waals surface area contributed by atoms with E-state index in [9.17, 15) is 9.59 Å². The summed E-state index contributed by atoms with van der Waals surface area (Å²) in [6, 6.07) is 5.73. The molecule has 37 heavy (non-hydrogen) atoms. The Bertz CT molecular complexity index is 1110. The smallest absolute Gasteiger partial charge is 0.308 e. The van der Waals surface area contributed by atoms with Crippen molar-refractivity contribution in [1.82, 2.24) is 9.97 Å². The summed E-state index contributed by atoms with van der Waals surface area (Å²) in [6.07, 6.45) is 3.10. The highest BCUT2D eigenvalue weighted by Crippen LogP contribution is 2.32. The minimum Gasteiger partial charge on any atom is -0.469 e. The van der Waals surface area contributed by atoms with Crippen LogP contribution in [0.1, 0.15) is 25.7 Å². The van der Waals surface area contributed by atoms with Gasteiger partial charge in [0, 0.05) is 26.2 Å². The van der Waals surface area contributed by atoms with E-state index < -0.39 is 0 Å². The average Bonchev–Trinajstić information content (AvgIpc) is 2.92. The standard InChI is InChI=1S/C12H13Cl2IN2O2.C12H14ClIN2O2/c1-19-12(18)7-2-4-17(5-3-7)11-8(13)6-9(15)10(14)16-11;1-18-12(17)8-4-6-16(7-5-8)10-3-2-9(14)11(13)15-10/h6-7H,2-5H2,1H3;2-3,8H,4-7H2,1H3. The van der Waals surface area contributed by atoms with E-state index >= 15 is 0 Å². The third-order valence-corrected chi connectivity index (χ3v) is 9.52. The molecule has 13 heteroatoms. The number of esters is 2. The molecule has 0 atom stereocenters. The molecule has 0 amide bonds. The van der Waals surface area contributed by atoms with Crippen molar-refractivity contribution in [2.75, 3.05) is 50.2 Å². The van der Waals surface area contributed by atoms with Gasteiger partial charge in [-0.25, -0.2) is 9.97 Å². The highest BCUT2D eigenvalue weighted by Gasteiger charge is 2.28. The van der Waals surface area contributed by atoms with Crippen LogP contribution in [0.5, 0.6) is 0 Å². The molecule has 0 aliphatic carbocycles. The van der Waals surface area contributed by atoms with Gasteiger partial charge in [-0.15, -0.1) is 0 Å². The van der Waals surface area contributed by atoms with Crippen molar-refractivity contribution in [3.63, 3.8) is 0 Å². The van der Waals surface area contributed by atoms with Gasteiger partial charge in [0.1, 0.15) is 21.9 Å². The Morgan fingerprint density at radius 3 is 1.78 bits per heavy atom. The third-order valence-electron chi connectivity index (χ3n) is 6.34. The van der Waals surface area contributed by atoms with Gasteiger partial charge in [-0.05, 0) is 89.1 Å². The summed E-state index contributed by atoms with van der Waals surface area (Å²) in [4.78, 5) is 35.8. The molecular weight excluding hydrogens is 768 g/mol. The van der Waals surface area contributed by atoms with E-state index in [0.29, 0.717) is 21.1 Å². The number of hydrogen-bond donors (Lipinski definition) is 0. The number of carbonyl (C=O) groups is 2. The minimum absolute atomic E-state index is 0.0190. The molecule has 2 saturated heterocycles. The molecule has 0 aromatic carbocycles. The summed E-state index contributed by atoms with van der Waals surface area (Å²) in [6.45, 7) is 3.07. The number of hydrogen-bond acceptors (Lipinski definition) is 8. The molecule has 2 aliphatic rings. The zero-order valence-corrected chi connectivity index (χ0v) is 26.9. The van der Waals surface area contributed by atoms with Crippen LogP contribution >= 0.6 is 80.0 Å². The first-order chi connectivity index (χ1) is 17.6. The molecule has 202 valence electrons. The Kier molecular flexibility index (Phi) is 12.1. The molecule has 4 rings (SSSR count). The Balaban J connectivity index is 0.000000206. The van der Waals surface area contributed by atoms with Gasteiger partial charge in [-0.2, -0.15) is 0 Å². The lowest BCUT2D eigenvalue weighted by Gasteiger charge is -2.32. The van der Waals surface area contributed by atoms with E-state index in [0.717, 1.165) is 64.8 Å². The van der Waals surface area contributed by atoms with Gasteiger partial charge in [0.05, 0.1) is 38.2 Å². The maximum atomic E-state index is 11.5. The van der Waals surface area contributed by atoms with Crippen molar-refractivity contribution < 1.29 is 19.1 Å². The SMILES string of the molecule is COC(=O)C1CCN(c2ccc(I)c(Cl)n2)CC1.COC(=O)C1CCN(c2nc(Cl)c(I)cc2Cl)CC1. The number of methoxy groups -OCH3 is 2. The van der Waals surface area contributed by atoms with Crippen LogP contribution in [-0.4, -0.2) is 62.3 Å². The highest BCUT2D eigenvalue weighted by atomic mass is 127. The highest BCUT2D eigenvalue weighted by molar-refractivity contribution is 14.1. The Hall–Kier alpha value is -0.830. The van der Waals surface area contributed by atoms with Crippen molar-refractivity contribution in [2.45, 2.75) is 25.7 Å². The number of anilines is 2. The molecule has 4 heterocycles. The minimum atomic E-state index is -0.139. The van der Waals surface area contributed by atoms with Gasteiger partial charge >= 0.3 is 11.9 Å². The normalized spacial score (nSPS) is 16.6. The lowest BCUT2D eigenvalue weighted by atomic mass is 9.97. The molecule has 0 spiro atoms. The fourth-order valence-corrected chi connectivity index (χ4v) is 5.72. The lowest BCUT2D eigenvalue weighted by Crippen LogP contribution is -2.37. The quantitative estimate of drug-likeness (QED) is 0.209. The Morgan fingerprint density at radius 1 is 0.811 bits per heavy atom. The molecule has 0 N–H and O–H groups in total. The molecule has 0 radical (unpaired) electrons. The predicted molar refractivity (Wildman–Crippen MR) is 163 cm³/mol. The van der Waals surface area contributed by atoms with Crippen LogP contribution in [0.15, 0.2) is 18.2 Å². The van der Waals surface area contributed by atoms with Crippen LogP contribution in [0.3, 0.4) is 0 Å². The number of rotatable bonds is 4. The topological polar surface area (TPSA) is 84.9 Å². The van der Waals surface area contributed by atoms with Crippen molar-refractivity contribution in [3.05, 3.63) is 40.7 Å². The number of aromatic nitrogens is 2. The second kappa shape index (κ2) is 14.5. The van der Waals surface area contributed by atoms with Crippen LogP contribution in [0.25, 0.3) is 0 Å². The number of halogens is 5. The zero-order chi connectivity index (χ0) is 27.1. The number of piperidine rings is 2. The summed E-state index contributed by atoms with van der Waals surface area (Å²) in [5.74, 6) is 1.31. The number of nitrogens with zero attached hydrogens (tertiary/aromatic N) is 4. The summed E-state index contributed by atoms with van der Waals surface area (Å²) in [5.41, 5.74) is 0. The van der Waals surface area contributed by atoms with E-state index in [4.69, 9.17) is 44.3 Å². The van der Waals surface area contributed by atoms with Gasteiger partial charge < -0.3 is 19.3 Å². The number of pyridine rings is 2. The van der Waals surface area contributed by atoms with Crippen LogP contribution in [-0.2, 0) is 19.1 Å². The average molecular weight is 796 g/mol. The molecule has 2 aliphatic heterocycles. The van der Waals surface area contributed by atoms with E-state index in [2.05, 4.69) is 64.9 Å². The molecule has 2 aromatic rings. The summed E-state index contributed by atoms with van der Waals surface area (Å²) in [7, 11) is 2.86. The van der Waals surface area contributed by atoms with E-state index in [1.54, 1.807) is 6.07 Å². The predicted octanol–water partition coefficient (Wildman–Crippen LogP) is 6.11. The maximum Gasteiger partial charge on any atom is 0.308 e. The van der Waals surface area contributed by atoms with Gasteiger partial charge in [0.15, 0.2) is 0 Å². The first-order valence-corrected chi connectivity index (χ1v) is 14.9. The second-order valence-corrected chi connectivity index (χ2v) is 12.0. The summed E-state index contributed by atoms with van der Waals surface area (Å²) in [5, 5.41) is 1.57. The fraction of sp³-hybridized carbons (Fsp3) is 0.500. The van der Waals surface area contributed by atoms with Crippen LogP contribution in [0.4, 0.5) is 11.6 Å². The third kappa shape index (κ3) is 8.33. The maximum absolute atomic E-state index is 11.5. The van der Waals surface area contributed by atoms with Gasteiger partial charge in [-0.1, -0.05) is 34.8 Å². The van der Waals surface area contributed by atoms with Crippen molar-refractivity contribution in [1.29, 1.82) is 0 Å². The molecule has 0 saturated carbocycles. The van der Waals surface area contributed by atoms with Crippen LogP contribution < -0.4 is 9.80 Å². The number of ether oxygens (including phenoxy) is 2. The monoisotopic (exact) mass is 794 g/mol.